The number of hydrogen-bond donors (Lipinski definition) is 2. The lowest BCUT2D eigenvalue weighted by Gasteiger charge is -2.32. The minimum absolute atomic E-state index is 0.0637. The number of nitrogens with one attached hydrogen (secondary N) is 1. The van der Waals surface area contributed by atoms with Crippen LogP contribution in [0.4, 0.5) is 18.9 Å². The van der Waals surface area contributed by atoms with Crippen LogP contribution in [-0.4, -0.2) is 63.5 Å². The summed E-state index contributed by atoms with van der Waals surface area (Å²) < 4.78 is 49.1. The first-order chi connectivity index (χ1) is 20.5. The van der Waals surface area contributed by atoms with Crippen molar-refractivity contribution in [2.75, 3.05) is 37.7 Å². The lowest BCUT2D eigenvalue weighted by molar-refractivity contribution is -0.137. The van der Waals surface area contributed by atoms with Crippen LogP contribution >= 0.6 is 11.6 Å². The van der Waals surface area contributed by atoms with Crippen LogP contribution in [0.1, 0.15) is 67.7 Å². The average Bonchev–Trinajstić information content (AvgIpc) is 3.63. The van der Waals surface area contributed by atoms with Crippen LogP contribution in [-0.2, 0) is 22.1 Å². The quantitative estimate of drug-likeness (QED) is 0.432. The van der Waals surface area contributed by atoms with Gasteiger partial charge in [0, 0.05) is 43.4 Å². The van der Waals surface area contributed by atoms with Gasteiger partial charge in [-0.05, 0) is 56.2 Å². The number of ether oxygens (including phenoxy) is 1. The third-order valence-electron chi connectivity index (χ3n) is 8.73. The molecule has 4 heterocycles. The van der Waals surface area contributed by atoms with Crippen molar-refractivity contribution in [2.45, 2.75) is 63.3 Å². The standard InChI is InChI=1S/C29H33ClF3N7O3/c1-2-21-23(38-13-11-35-12-14-38)26(42)40-27(36-25(37-40)17-6-9-28(10-7-17)8-3-15-43-28)39(21)22(24(34)41)19-5-4-18(16-20(19)30)29(31,32)33/h4-6,16,22,35H,2-3,7-15H2,1H3,(H2,34,41). The fourth-order valence-corrected chi connectivity index (χ4v) is 6.83. The van der Waals surface area contributed by atoms with E-state index in [1.165, 1.54) is 9.08 Å². The van der Waals surface area contributed by atoms with Crippen molar-refractivity contribution in [3.8, 4) is 0 Å². The average molecular weight is 620 g/mol. The van der Waals surface area contributed by atoms with Gasteiger partial charge in [0.15, 0.2) is 5.82 Å². The van der Waals surface area contributed by atoms with E-state index in [4.69, 9.17) is 27.1 Å². The molecule has 2 fully saturated rings. The molecule has 1 spiro atoms. The monoisotopic (exact) mass is 619 g/mol. The zero-order valence-electron chi connectivity index (χ0n) is 23.7. The smallest absolute Gasteiger partial charge is 0.375 e. The second-order valence-corrected chi connectivity index (χ2v) is 11.7. The second kappa shape index (κ2) is 11.3. The van der Waals surface area contributed by atoms with Gasteiger partial charge in [-0.1, -0.05) is 30.7 Å². The van der Waals surface area contributed by atoms with Crippen molar-refractivity contribution in [1.82, 2.24) is 24.5 Å². The highest BCUT2D eigenvalue weighted by atomic mass is 35.5. The molecule has 2 atom stereocenters. The van der Waals surface area contributed by atoms with Gasteiger partial charge in [-0.3, -0.25) is 14.2 Å². The van der Waals surface area contributed by atoms with Gasteiger partial charge >= 0.3 is 6.18 Å². The molecule has 6 rings (SSSR count). The number of rotatable bonds is 6. The van der Waals surface area contributed by atoms with Crippen molar-refractivity contribution >= 4 is 34.5 Å². The number of primary amides is 1. The van der Waals surface area contributed by atoms with E-state index in [0.717, 1.165) is 49.6 Å². The minimum Gasteiger partial charge on any atom is -0.375 e. The first kappa shape index (κ1) is 29.6. The number of benzene rings is 1. The van der Waals surface area contributed by atoms with E-state index in [-0.39, 0.29) is 22.0 Å². The van der Waals surface area contributed by atoms with Gasteiger partial charge in [0.05, 0.1) is 16.9 Å². The van der Waals surface area contributed by atoms with E-state index in [1.807, 2.05) is 11.8 Å². The van der Waals surface area contributed by atoms with Crippen LogP contribution in [0.25, 0.3) is 11.4 Å². The van der Waals surface area contributed by atoms with Gasteiger partial charge in [-0.25, -0.2) is 0 Å². The van der Waals surface area contributed by atoms with Crippen LogP contribution < -0.4 is 21.5 Å². The molecule has 1 aliphatic carbocycles. The molecule has 230 valence electrons. The second-order valence-electron chi connectivity index (χ2n) is 11.3. The number of alkyl halides is 3. The van der Waals surface area contributed by atoms with Gasteiger partial charge in [0.2, 0.25) is 11.7 Å². The number of aromatic nitrogens is 4. The molecule has 0 radical (unpaired) electrons. The number of allylic oxidation sites excluding steroid dienone is 1. The van der Waals surface area contributed by atoms with E-state index in [0.29, 0.717) is 62.6 Å². The van der Waals surface area contributed by atoms with E-state index in [1.54, 1.807) is 0 Å². The number of carbonyl (C=O) groups is 1. The summed E-state index contributed by atoms with van der Waals surface area (Å²) >= 11 is 6.41. The molecule has 2 saturated heterocycles. The molecule has 3 N–H and O–H groups in total. The molecule has 3 aliphatic rings. The molecule has 2 unspecified atom stereocenters. The Hall–Kier alpha value is -3.42. The van der Waals surface area contributed by atoms with Gasteiger partial charge < -0.3 is 20.7 Å². The Bertz CT molecular complexity index is 1650. The largest absolute Gasteiger partial charge is 0.416 e. The summed E-state index contributed by atoms with van der Waals surface area (Å²) in [6.45, 7) is 4.93. The van der Waals surface area contributed by atoms with E-state index >= 15 is 0 Å². The molecule has 14 heteroatoms. The predicted molar refractivity (Wildman–Crippen MR) is 155 cm³/mol. The Morgan fingerprint density at radius 3 is 2.60 bits per heavy atom. The first-order valence-corrected chi connectivity index (χ1v) is 14.9. The maximum atomic E-state index is 14.1. The summed E-state index contributed by atoms with van der Waals surface area (Å²) in [4.78, 5) is 34.0. The number of piperazine rings is 1. The van der Waals surface area contributed by atoms with E-state index < -0.39 is 29.2 Å². The van der Waals surface area contributed by atoms with Crippen molar-refractivity contribution in [3.63, 3.8) is 0 Å². The van der Waals surface area contributed by atoms with E-state index in [2.05, 4.69) is 16.5 Å². The van der Waals surface area contributed by atoms with Crippen molar-refractivity contribution in [3.05, 3.63) is 62.3 Å². The van der Waals surface area contributed by atoms with E-state index in [9.17, 15) is 22.8 Å². The van der Waals surface area contributed by atoms with Gasteiger partial charge in [0.25, 0.3) is 5.56 Å². The van der Waals surface area contributed by atoms with Crippen LogP contribution in [0.3, 0.4) is 0 Å². The summed E-state index contributed by atoms with van der Waals surface area (Å²) in [6, 6.07) is 1.43. The zero-order valence-corrected chi connectivity index (χ0v) is 24.5. The Kier molecular flexibility index (Phi) is 7.76. The normalized spacial score (nSPS) is 21.9. The Morgan fingerprint density at radius 1 is 1.26 bits per heavy atom. The fraction of sp³-hybridized carbons (Fsp3) is 0.517. The molecular weight excluding hydrogens is 587 g/mol. The SMILES string of the molecule is CCc1c(N2CCNCC2)c(=O)n2nc(C3=CCC4(CCCO4)CC3)nc2n1C(C(N)=O)c1ccc(C(F)(F)F)cc1Cl. The number of amides is 1. The maximum Gasteiger partial charge on any atom is 0.416 e. The number of anilines is 1. The topological polar surface area (TPSA) is 120 Å². The highest BCUT2D eigenvalue weighted by Gasteiger charge is 2.38. The third kappa shape index (κ3) is 5.31. The predicted octanol–water partition coefficient (Wildman–Crippen LogP) is 3.73. The highest BCUT2D eigenvalue weighted by Crippen LogP contribution is 2.41. The van der Waals surface area contributed by atoms with Crippen molar-refractivity contribution in [1.29, 1.82) is 0 Å². The van der Waals surface area contributed by atoms with Gasteiger partial charge in [0.1, 0.15) is 11.7 Å². The molecule has 0 bridgehead atoms. The molecule has 0 saturated carbocycles. The Morgan fingerprint density at radius 2 is 2.02 bits per heavy atom. The summed E-state index contributed by atoms with van der Waals surface area (Å²) in [7, 11) is 0. The number of halogens is 4. The Balaban J connectivity index is 1.57. The molecule has 1 amide bonds. The molecule has 1 aromatic carbocycles. The highest BCUT2D eigenvalue weighted by molar-refractivity contribution is 6.31. The fourth-order valence-electron chi connectivity index (χ4n) is 6.54. The summed E-state index contributed by atoms with van der Waals surface area (Å²) in [6.07, 6.45) is 1.89. The van der Waals surface area contributed by atoms with Crippen LogP contribution in [0.5, 0.6) is 0 Å². The first-order valence-electron chi connectivity index (χ1n) is 14.5. The molecule has 2 aliphatic heterocycles. The van der Waals surface area contributed by atoms with Gasteiger partial charge in [-0.15, -0.1) is 5.10 Å². The summed E-state index contributed by atoms with van der Waals surface area (Å²) in [5.41, 5.74) is 6.19. The molecule has 10 nitrogen and oxygen atoms in total. The lowest BCUT2D eigenvalue weighted by Crippen LogP contribution is -2.47. The maximum absolute atomic E-state index is 14.1. The molecule has 2 aromatic heterocycles. The molecule has 43 heavy (non-hydrogen) atoms. The number of nitrogens with zero attached hydrogens (tertiary/aromatic N) is 5. The number of hydrogen-bond acceptors (Lipinski definition) is 7. The van der Waals surface area contributed by atoms with Crippen LogP contribution in [0.2, 0.25) is 5.02 Å². The van der Waals surface area contributed by atoms with Crippen molar-refractivity contribution < 1.29 is 22.7 Å². The Labute approximate surface area is 250 Å². The summed E-state index contributed by atoms with van der Waals surface area (Å²) in [5.74, 6) is -0.455. The molecular formula is C29H33ClF3N7O3. The van der Waals surface area contributed by atoms with Crippen molar-refractivity contribution in [2.24, 2.45) is 5.73 Å². The van der Waals surface area contributed by atoms with Gasteiger partial charge in [-0.2, -0.15) is 22.7 Å². The summed E-state index contributed by atoms with van der Waals surface area (Å²) in [5, 5.41) is 7.62. The lowest BCUT2D eigenvalue weighted by atomic mass is 9.83. The minimum atomic E-state index is -4.63. The van der Waals surface area contributed by atoms with Crippen LogP contribution in [0.15, 0.2) is 29.1 Å². The molecule has 3 aromatic rings. The number of carbonyl (C=O) groups excluding carboxylic acids is 1. The number of fused-ring (bicyclic) bond motifs is 1. The van der Waals surface area contributed by atoms with Crippen LogP contribution in [0, 0.1) is 0 Å². The third-order valence-corrected chi connectivity index (χ3v) is 9.05. The number of nitrogens with two attached hydrogens (primary N) is 1. The zero-order chi connectivity index (χ0) is 30.5.